The average molecular weight is 575 g/mol. The highest BCUT2D eigenvalue weighted by Gasteiger charge is 2.24. The van der Waals surface area contributed by atoms with Crippen molar-refractivity contribution in [2.45, 2.75) is 54.0 Å². The molecule has 44 heavy (non-hydrogen) atoms. The molecule has 0 N–H and O–H groups in total. The van der Waals surface area contributed by atoms with Crippen molar-refractivity contribution >= 4 is 34.0 Å². The second-order valence-electron chi connectivity index (χ2n) is 12.4. The second kappa shape index (κ2) is 12.4. The van der Waals surface area contributed by atoms with Gasteiger partial charge in [0.05, 0.1) is 6.04 Å². The van der Waals surface area contributed by atoms with Crippen molar-refractivity contribution in [1.29, 1.82) is 0 Å². The van der Waals surface area contributed by atoms with Gasteiger partial charge in [0.2, 0.25) is 0 Å². The Balaban J connectivity index is 1.35. The quantitative estimate of drug-likeness (QED) is 0.191. The lowest BCUT2D eigenvalue weighted by molar-refractivity contribution is 0.759. The molecule has 0 aromatic heterocycles. The van der Waals surface area contributed by atoms with E-state index in [1.54, 1.807) is 0 Å². The van der Waals surface area contributed by atoms with Crippen molar-refractivity contribution in [3.05, 3.63) is 166 Å². The molecule has 0 bridgehead atoms. The fourth-order valence-electron chi connectivity index (χ4n) is 6.50. The van der Waals surface area contributed by atoms with Crippen LogP contribution in [-0.4, -0.2) is 6.04 Å². The summed E-state index contributed by atoms with van der Waals surface area (Å²) in [5.74, 6) is 0. The molecule has 2 nitrogen and oxygen atoms in total. The van der Waals surface area contributed by atoms with Crippen molar-refractivity contribution in [1.82, 2.24) is 0 Å². The molecule has 0 radical (unpaired) electrons. The molecule has 1 unspecified atom stereocenters. The van der Waals surface area contributed by atoms with Crippen LogP contribution in [0.25, 0.3) is 5.57 Å². The van der Waals surface area contributed by atoms with E-state index in [1.807, 2.05) is 0 Å². The largest absolute Gasteiger partial charge is 0.334 e. The predicted molar refractivity (Wildman–Crippen MR) is 190 cm³/mol. The van der Waals surface area contributed by atoms with Gasteiger partial charge in [0.15, 0.2) is 0 Å². The molecule has 2 heteroatoms. The number of hydrogen-bond donors (Lipinski definition) is 0. The fraction of sp³-hybridized carbons (Fsp3) is 0.190. The number of nitrogens with zero attached hydrogens (tertiary/aromatic N) is 2. The standard InChI is InChI=1S/C42H42N2/c1-29-11-7-15-35(23-29)43(36-16-8-12-30(2)24-36)39-19-21-41(33(5)27-39)42-22-20-40(28-34(42)6)44(37-17-9-13-31(3)25-37)38-18-10-14-32(4)26-38/h7-27,40H,28H2,1-6H3. The molecule has 0 saturated carbocycles. The maximum absolute atomic E-state index is 2.49. The van der Waals surface area contributed by atoms with Crippen molar-refractivity contribution in [2.75, 3.05) is 9.80 Å². The zero-order chi connectivity index (χ0) is 30.8. The Kier molecular flexibility index (Phi) is 8.26. The highest BCUT2D eigenvalue weighted by molar-refractivity contribution is 5.84. The lowest BCUT2D eigenvalue weighted by atomic mass is 9.87. The monoisotopic (exact) mass is 574 g/mol. The topological polar surface area (TPSA) is 6.48 Å². The van der Waals surface area contributed by atoms with E-state index in [4.69, 9.17) is 0 Å². The molecule has 5 aromatic rings. The lowest BCUT2D eigenvalue weighted by Crippen LogP contribution is -2.31. The number of hydrogen-bond acceptors (Lipinski definition) is 2. The normalized spacial score (nSPS) is 14.5. The minimum Gasteiger partial charge on any atom is -0.334 e. The van der Waals surface area contributed by atoms with Gasteiger partial charge in [0.25, 0.3) is 0 Å². The van der Waals surface area contributed by atoms with Crippen LogP contribution in [0.3, 0.4) is 0 Å². The van der Waals surface area contributed by atoms with Gasteiger partial charge < -0.3 is 9.80 Å². The van der Waals surface area contributed by atoms with Crippen LogP contribution in [0.1, 0.15) is 46.7 Å². The second-order valence-corrected chi connectivity index (χ2v) is 12.4. The first kappa shape index (κ1) is 29.3. The number of benzene rings is 5. The Morgan fingerprint density at radius 3 is 1.41 bits per heavy atom. The van der Waals surface area contributed by atoms with Crippen molar-refractivity contribution in [2.24, 2.45) is 0 Å². The van der Waals surface area contributed by atoms with Crippen LogP contribution in [0.4, 0.5) is 28.4 Å². The van der Waals surface area contributed by atoms with Crippen LogP contribution in [0.15, 0.2) is 133 Å². The summed E-state index contributed by atoms with van der Waals surface area (Å²) >= 11 is 0. The van der Waals surface area contributed by atoms with Crippen LogP contribution < -0.4 is 9.80 Å². The van der Waals surface area contributed by atoms with Gasteiger partial charge in [-0.25, -0.2) is 0 Å². The Hall–Kier alpha value is -4.82. The maximum Gasteiger partial charge on any atom is 0.0562 e. The molecular formula is C42H42N2. The van der Waals surface area contributed by atoms with E-state index in [9.17, 15) is 0 Å². The molecule has 0 aliphatic heterocycles. The van der Waals surface area contributed by atoms with Crippen LogP contribution in [0, 0.1) is 34.6 Å². The van der Waals surface area contributed by atoms with Crippen LogP contribution >= 0.6 is 0 Å². The number of anilines is 5. The molecule has 1 aliphatic carbocycles. The molecule has 220 valence electrons. The van der Waals surface area contributed by atoms with Crippen molar-refractivity contribution in [3.63, 3.8) is 0 Å². The molecular weight excluding hydrogens is 532 g/mol. The SMILES string of the molecule is CC1=C(c2ccc(N(c3cccc(C)c3)c3cccc(C)c3)cc2C)C=CC(N(c2cccc(C)c2)c2cccc(C)c2)C1. The minimum absolute atomic E-state index is 0.236. The van der Waals surface area contributed by atoms with Crippen LogP contribution in [0.2, 0.25) is 0 Å². The first-order valence-electron chi connectivity index (χ1n) is 15.6. The molecule has 0 spiro atoms. The summed E-state index contributed by atoms with van der Waals surface area (Å²) in [4.78, 5) is 4.86. The van der Waals surface area contributed by atoms with E-state index < -0.39 is 0 Å². The smallest absolute Gasteiger partial charge is 0.0562 e. The summed E-state index contributed by atoms with van der Waals surface area (Å²) in [6, 6.07) is 42.4. The lowest BCUT2D eigenvalue weighted by Gasteiger charge is -2.35. The Bertz CT molecular complexity index is 1780. The summed E-state index contributed by atoms with van der Waals surface area (Å²) in [6.45, 7) is 13.2. The zero-order valence-electron chi connectivity index (χ0n) is 26.8. The van der Waals surface area contributed by atoms with E-state index in [2.05, 4.69) is 179 Å². The summed E-state index contributed by atoms with van der Waals surface area (Å²) in [7, 11) is 0. The van der Waals surface area contributed by atoms with Gasteiger partial charge in [0, 0.05) is 28.4 Å². The van der Waals surface area contributed by atoms with E-state index >= 15 is 0 Å². The van der Waals surface area contributed by atoms with Crippen LogP contribution in [0.5, 0.6) is 0 Å². The van der Waals surface area contributed by atoms with Gasteiger partial charge in [-0.2, -0.15) is 0 Å². The summed E-state index contributed by atoms with van der Waals surface area (Å²) < 4.78 is 0. The highest BCUT2D eigenvalue weighted by Crippen LogP contribution is 2.40. The van der Waals surface area contributed by atoms with E-state index in [0.29, 0.717) is 0 Å². The molecule has 0 amide bonds. The first-order chi connectivity index (χ1) is 21.3. The first-order valence-corrected chi connectivity index (χ1v) is 15.6. The highest BCUT2D eigenvalue weighted by atomic mass is 15.2. The van der Waals surface area contributed by atoms with E-state index in [-0.39, 0.29) is 6.04 Å². The van der Waals surface area contributed by atoms with Crippen molar-refractivity contribution in [3.8, 4) is 0 Å². The summed E-state index contributed by atoms with van der Waals surface area (Å²) in [5, 5.41) is 0. The molecule has 0 heterocycles. The van der Waals surface area contributed by atoms with Gasteiger partial charge in [0.1, 0.15) is 0 Å². The van der Waals surface area contributed by atoms with Gasteiger partial charge >= 0.3 is 0 Å². The fourth-order valence-corrected chi connectivity index (χ4v) is 6.50. The minimum atomic E-state index is 0.236. The third-order valence-corrected chi connectivity index (χ3v) is 8.63. The number of allylic oxidation sites excluding steroid dienone is 2. The number of rotatable bonds is 7. The predicted octanol–water partition coefficient (Wildman–Crippen LogP) is 11.6. The molecule has 6 rings (SSSR count). The zero-order valence-corrected chi connectivity index (χ0v) is 26.8. The third-order valence-electron chi connectivity index (χ3n) is 8.63. The van der Waals surface area contributed by atoms with E-state index in [1.165, 1.54) is 73.0 Å². The molecule has 0 saturated heterocycles. The van der Waals surface area contributed by atoms with Gasteiger partial charge in [-0.05, 0) is 148 Å². The summed E-state index contributed by atoms with van der Waals surface area (Å²) in [5.41, 5.74) is 16.3. The maximum atomic E-state index is 2.49. The van der Waals surface area contributed by atoms with Crippen molar-refractivity contribution < 1.29 is 0 Å². The third kappa shape index (κ3) is 6.12. The van der Waals surface area contributed by atoms with E-state index in [0.717, 1.165) is 6.42 Å². The number of aryl methyl sites for hydroxylation is 5. The van der Waals surface area contributed by atoms with Crippen LogP contribution in [-0.2, 0) is 0 Å². The average Bonchev–Trinajstić information content (AvgIpc) is 2.98. The Morgan fingerprint density at radius 1 is 0.500 bits per heavy atom. The van der Waals surface area contributed by atoms with Gasteiger partial charge in [-0.3, -0.25) is 0 Å². The summed E-state index contributed by atoms with van der Waals surface area (Å²) in [6.07, 6.45) is 5.71. The Labute approximate surface area is 263 Å². The molecule has 1 atom stereocenters. The Morgan fingerprint density at radius 2 is 0.955 bits per heavy atom. The van der Waals surface area contributed by atoms with Gasteiger partial charge in [-0.15, -0.1) is 0 Å². The molecule has 1 aliphatic rings. The molecule has 0 fully saturated rings. The van der Waals surface area contributed by atoms with Gasteiger partial charge in [-0.1, -0.05) is 72.3 Å². The molecule has 5 aromatic carbocycles.